The minimum Gasteiger partial charge on any atom is -0.484 e. The van der Waals surface area contributed by atoms with Crippen LogP contribution < -0.4 is 4.74 Å². The van der Waals surface area contributed by atoms with Crippen LogP contribution in [0.2, 0.25) is 0 Å². The van der Waals surface area contributed by atoms with Crippen molar-refractivity contribution in [3.05, 3.63) is 53.6 Å². The van der Waals surface area contributed by atoms with Crippen LogP contribution in [0.4, 0.5) is 13.2 Å². The molecule has 2 rings (SSSR count). The Labute approximate surface area is 112 Å². The summed E-state index contributed by atoms with van der Waals surface area (Å²) in [6.07, 6.45) is -0.579. The number of hydrogen-bond acceptors (Lipinski definition) is 4. The predicted molar refractivity (Wildman–Crippen MR) is 62.5 cm³/mol. The van der Waals surface area contributed by atoms with E-state index in [1.165, 1.54) is 30.7 Å². The highest BCUT2D eigenvalue weighted by molar-refractivity contribution is 5.40. The van der Waals surface area contributed by atoms with Gasteiger partial charge in [0.15, 0.2) is 5.75 Å². The van der Waals surface area contributed by atoms with Gasteiger partial charge in [-0.3, -0.25) is 9.97 Å². The van der Waals surface area contributed by atoms with Crippen LogP contribution in [-0.2, 0) is 12.8 Å². The summed E-state index contributed by atoms with van der Waals surface area (Å²) in [5.41, 5.74) is -0.903. The van der Waals surface area contributed by atoms with Crippen molar-refractivity contribution in [2.24, 2.45) is 0 Å². The van der Waals surface area contributed by atoms with Gasteiger partial charge in [-0.1, -0.05) is 0 Å². The van der Waals surface area contributed by atoms with E-state index in [0.717, 1.165) is 6.07 Å². The number of halogens is 3. The fraction of sp³-hybridized carbons (Fsp3) is 0.154. The van der Waals surface area contributed by atoms with E-state index >= 15 is 0 Å². The second-order valence-electron chi connectivity index (χ2n) is 3.77. The first kappa shape index (κ1) is 13.8. The third-order valence-corrected chi connectivity index (χ3v) is 2.46. The molecule has 0 aliphatic rings. The molecule has 0 unspecified atom stereocenters. The lowest BCUT2D eigenvalue weighted by Gasteiger charge is -2.12. The molecule has 0 saturated heterocycles. The molecule has 0 aliphatic heterocycles. The molecular formula is C13H8F3N3O. The van der Waals surface area contributed by atoms with Crippen LogP contribution in [0.1, 0.15) is 16.8 Å². The fourth-order valence-electron chi connectivity index (χ4n) is 1.54. The van der Waals surface area contributed by atoms with Gasteiger partial charge >= 0.3 is 6.18 Å². The van der Waals surface area contributed by atoms with Gasteiger partial charge in [0.2, 0.25) is 0 Å². The number of ether oxygens (including phenoxy) is 1. The molecule has 2 heterocycles. The molecule has 0 atom stereocenters. The molecule has 0 N–H and O–H groups in total. The van der Waals surface area contributed by atoms with Crippen LogP contribution in [0.3, 0.4) is 0 Å². The smallest absolute Gasteiger partial charge is 0.418 e. The Kier molecular flexibility index (Phi) is 3.84. The van der Waals surface area contributed by atoms with Gasteiger partial charge in [-0.15, -0.1) is 0 Å². The Bertz CT molecular complexity index is 650. The van der Waals surface area contributed by atoms with Gasteiger partial charge in [-0.25, -0.2) is 0 Å². The van der Waals surface area contributed by atoms with Gasteiger partial charge < -0.3 is 4.74 Å². The van der Waals surface area contributed by atoms with E-state index in [1.54, 1.807) is 0 Å². The molecule has 0 radical (unpaired) electrons. The molecule has 4 nitrogen and oxygen atoms in total. The number of nitriles is 1. The molecule has 2 aromatic rings. The number of rotatable bonds is 3. The monoisotopic (exact) mass is 279 g/mol. The van der Waals surface area contributed by atoms with Crippen molar-refractivity contribution >= 4 is 0 Å². The number of pyridine rings is 2. The maximum Gasteiger partial charge on any atom is 0.418 e. The van der Waals surface area contributed by atoms with Gasteiger partial charge in [-0.2, -0.15) is 18.4 Å². The standard InChI is InChI=1S/C13H8F3N3O/c14-13(15,16)10-2-1-4-19-11(10)8-20-12-7-18-5-3-9(12)6-17/h1-5,7H,8H2. The zero-order valence-electron chi connectivity index (χ0n) is 10.1. The Morgan fingerprint density at radius 3 is 2.75 bits per heavy atom. The summed E-state index contributed by atoms with van der Waals surface area (Å²) >= 11 is 0. The summed E-state index contributed by atoms with van der Waals surface area (Å²) in [7, 11) is 0. The zero-order valence-corrected chi connectivity index (χ0v) is 10.1. The molecule has 0 bridgehead atoms. The van der Waals surface area contributed by atoms with E-state index in [4.69, 9.17) is 10.00 Å². The van der Waals surface area contributed by atoms with Gasteiger partial charge in [-0.05, 0) is 18.2 Å². The SMILES string of the molecule is N#Cc1ccncc1OCc1ncccc1C(F)(F)F. The Morgan fingerprint density at radius 2 is 2.05 bits per heavy atom. The van der Waals surface area contributed by atoms with Crippen molar-refractivity contribution in [3.8, 4) is 11.8 Å². The molecule has 2 aromatic heterocycles. The van der Waals surface area contributed by atoms with Gasteiger partial charge in [0.25, 0.3) is 0 Å². The summed E-state index contributed by atoms with van der Waals surface area (Å²) in [6, 6.07) is 5.42. The van der Waals surface area contributed by atoms with Crippen molar-refractivity contribution in [3.63, 3.8) is 0 Å². The lowest BCUT2D eigenvalue weighted by Crippen LogP contribution is -2.12. The second-order valence-corrected chi connectivity index (χ2v) is 3.77. The molecule has 7 heteroatoms. The number of alkyl halides is 3. The van der Waals surface area contributed by atoms with E-state index in [2.05, 4.69) is 9.97 Å². The number of hydrogen-bond donors (Lipinski definition) is 0. The lowest BCUT2D eigenvalue weighted by molar-refractivity contribution is -0.138. The molecule has 20 heavy (non-hydrogen) atoms. The Morgan fingerprint density at radius 1 is 1.25 bits per heavy atom. The Balaban J connectivity index is 2.22. The maximum atomic E-state index is 12.8. The third kappa shape index (κ3) is 3.03. The van der Waals surface area contributed by atoms with Crippen molar-refractivity contribution in [1.82, 2.24) is 9.97 Å². The highest BCUT2D eigenvalue weighted by Crippen LogP contribution is 2.31. The van der Waals surface area contributed by atoms with E-state index in [0.29, 0.717) is 0 Å². The van der Waals surface area contributed by atoms with Crippen molar-refractivity contribution in [1.29, 1.82) is 5.26 Å². The first-order chi connectivity index (χ1) is 9.52. The first-order valence-electron chi connectivity index (χ1n) is 5.50. The Hall–Kier alpha value is -2.62. The van der Waals surface area contributed by atoms with Crippen LogP contribution in [-0.4, -0.2) is 9.97 Å². The lowest BCUT2D eigenvalue weighted by atomic mass is 10.2. The molecule has 0 amide bonds. The molecule has 0 spiro atoms. The third-order valence-electron chi connectivity index (χ3n) is 2.46. The first-order valence-corrected chi connectivity index (χ1v) is 5.50. The summed E-state index contributed by atoms with van der Waals surface area (Å²) in [4.78, 5) is 7.43. The van der Waals surface area contributed by atoms with Crippen LogP contribution in [0.15, 0.2) is 36.8 Å². The maximum absolute atomic E-state index is 12.8. The highest BCUT2D eigenvalue weighted by atomic mass is 19.4. The minimum atomic E-state index is -4.50. The topological polar surface area (TPSA) is 58.8 Å². The molecule has 102 valence electrons. The largest absolute Gasteiger partial charge is 0.484 e. The van der Waals surface area contributed by atoms with Crippen molar-refractivity contribution in [2.45, 2.75) is 12.8 Å². The van der Waals surface area contributed by atoms with E-state index in [-0.39, 0.29) is 17.0 Å². The van der Waals surface area contributed by atoms with Crippen molar-refractivity contribution < 1.29 is 17.9 Å². The average Bonchev–Trinajstić information content (AvgIpc) is 2.44. The highest BCUT2D eigenvalue weighted by Gasteiger charge is 2.33. The molecule has 0 aliphatic carbocycles. The van der Waals surface area contributed by atoms with Gasteiger partial charge in [0.1, 0.15) is 12.7 Å². The quantitative estimate of drug-likeness (QED) is 0.866. The summed E-state index contributed by atoms with van der Waals surface area (Å²) < 4.78 is 43.5. The van der Waals surface area contributed by atoms with E-state index in [9.17, 15) is 13.2 Å². The number of aromatic nitrogens is 2. The predicted octanol–water partition coefficient (Wildman–Crippen LogP) is 2.95. The van der Waals surface area contributed by atoms with Crippen LogP contribution in [0.5, 0.6) is 5.75 Å². The molecule has 0 aromatic carbocycles. The molecular weight excluding hydrogens is 271 g/mol. The van der Waals surface area contributed by atoms with Gasteiger partial charge in [0, 0.05) is 12.4 Å². The van der Waals surface area contributed by atoms with Crippen LogP contribution in [0, 0.1) is 11.3 Å². The number of nitrogens with zero attached hydrogens (tertiary/aromatic N) is 3. The molecule has 0 saturated carbocycles. The molecule has 0 fully saturated rings. The van der Waals surface area contributed by atoms with Gasteiger partial charge in [0.05, 0.1) is 23.0 Å². The zero-order chi connectivity index (χ0) is 14.6. The van der Waals surface area contributed by atoms with Crippen LogP contribution >= 0.6 is 0 Å². The summed E-state index contributed by atoms with van der Waals surface area (Å²) in [6.45, 7) is -0.393. The summed E-state index contributed by atoms with van der Waals surface area (Å²) in [5.74, 6) is 0.119. The van der Waals surface area contributed by atoms with E-state index in [1.807, 2.05) is 6.07 Å². The summed E-state index contributed by atoms with van der Waals surface area (Å²) in [5, 5.41) is 8.85. The fourth-order valence-corrected chi connectivity index (χ4v) is 1.54. The minimum absolute atomic E-state index is 0.119. The second kappa shape index (κ2) is 5.57. The van der Waals surface area contributed by atoms with Crippen LogP contribution in [0.25, 0.3) is 0 Å². The normalized spacial score (nSPS) is 10.9. The average molecular weight is 279 g/mol. The van der Waals surface area contributed by atoms with Crippen molar-refractivity contribution in [2.75, 3.05) is 0 Å². The van der Waals surface area contributed by atoms with E-state index < -0.39 is 18.3 Å².